The minimum Gasteiger partial charge on any atom is -0.478 e. The third-order valence-corrected chi connectivity index (χ3v) is 4.28. The Balaban J connectivity index is 2.12. The van der Waals surface area contributed by atoms with Crippen LogP contribution in [0.1, 0.15) is 35.2 Å². The quantitative estimate of drug-likeness (QED) is 0.836. The molecule has 1 aromatic carbocycles. The minimum atomic E-state index is -1.12. The first kappa shape index (κ1) is 12.8. The summed E-state index contributed by atoms with van der Waals surface area (Å²) in [5.41, 5.74) is 0.877. The highest BCUT2D eigenvalue weighted by molar-refractivity contribution is 6.24. The van der Waals surface area contributed by atoms with Gasteiger partial charge < -0.3 is 5.11 Å². The van der Waals surface area contributed by atoms with Crippen molar-refractivity contribution in [3.05, 3.63) is 29.3 Å². The van der Waals surface area contributed by atoms with E-state index in [1.165, 1.54) is 6.07 Å². The number of para-hydroxylation sites is 1. The van der Waals surface area contributed by atoms with Gasteiger partial charge in [0, 0.05) is 0 Å². The molecular formula is C15H15NO4. The van der Waals surface area contributed by atoms with E-state index in [0.717, 1.165) is 24.2 Å². The van der Waals surface area contributed by atoms with Crippen LogP contribution < -0.4 is 4.90 Å². The van der Waals surface area contributed by atoms with Crippen molar-refractivity contribution in [3.8, 4) is 0 Å². The molecule has 1 saturated carbocycles. The number of carboxylic acid groups (broad SMARTS) is 1. The van der Waals surface area contributed by atoms with Gasteiger partial charge in [-0.1, -0.05) is 18.6 Å². The Kier molecular flexibility index (Phi) is 2.85. The number of carbonyl (C=O) groups is 3. The van der Waals surface area contributed by atoms with Gasteiger partial charge in [0.1, 0.15) is 0 Å². The summed E-state index contributed by atoms with van der Waals surface area (Å²) in [4.78, 5) is 37.3. The molecule has 1 N–H and O–H groups in total. The van der Waals surface area contributed by atoms with Gasteiger partial charge in [0.2, 0.25) is 11.8 Å². The number of imide groups is 1. The number of hydrogen-bond acceptors (Lipinski definition) is 3. The summed E-state index contributed by atoms with van der Waals surface area (Å²) in [5.74, 6) is -2.13. The highest BCUT2D eigenvalue weighted by Gasteiger charge is 2.51. The molecule has 0 spiro atoms. The van der Waals surface area contributed by atoms with Crippen molar-refractivity contribution in [2.24, 2.45) is 11.8 Å². The molecule has 0 bridgehead atoms. The maximum atomic E-state index is 12.4. The van der Waals surface area contributed by atoms with Crippen molar-refractivity contribution in [2.75, 3.05) is 4.90 Å². The van der Waals surface area contributed by atoms with E-state index >= 15 is 0 Å². The average molecular weight is 273 g/mol. The Labute approximate surface area is 116 Å². The Bertz CT molecular complexity index is 600. The fourth-order valence-corrected chi connectivity index (χ4v) is 3.34. The fraction of sp³-hybridized carbons (Fsp3) is 0.400. The first-order chi connectivity index (χ1) is 9.52. The lowest BCUT2D eigenvalue weighted by molar-refractivity contribution is -0.122. The molecule has 104 valence electrons. The first-order valence-electron chi connectivity index (χ1n) is 6.73. The minimum absolute atomic E-state index is 0.00618. The number of carbonyl (C=O) groups excluding carboxylic acids is 2. The number of hydrogen-bond donors (Lipinski definition) is 1. The molecule has 2 aliphatic rings. The van der Waals surface area contributed by atoms with Crippen molar-refractivity contribution < 1.29 is 19.5 Å². The summed E-state index contributed by atoms with van der Waals surface area (Å²) in [6.07, 6.45) is 2.33. The molecule has 1 saturated heterocycles. The molecule has 1 aromatic rings. The van der Waals surface area contributed by atoms with Crippen LogP contribution in [0.2, 0.25) is 0 Å². The van der Waals surface area contributed by atoms with Gasteiger partial charge in [0.25, 0.3) is 0 Å². The molecule has 0 radical (unpaired) electrons. The van der Waals surface area contributed by atoms with Gasteiger partial charge in [-0.15, -0.1) is 0 Å². The highest BCUT2D eigenvalue weighted by Crippen LogP contribution is 2.43. The normalized spacial score (nSPS) is 25.1. The molecule has 3 rings (SSSR count). The van der Waals surface area contributed by atoms with Crippen LogP contribution in [0, 0.1) is 18.8 Å². The van der Waals surface area contributed by atoms with E-state index in [0.29, 0.717) is 5.56 Å². The number of amides is 2. The van der Waals surface area contributed by atoms with Gasteiger partial charge in [0.05, 0.1) is 23.1 Å². The summed E-state index contributed by atoms with van der Waals surface area (Å²) in [7, 11) is 0. The van der Waals surface area contributed by atoms with Crippen LogP contribution in [-0.2, 0) is 9.59 Å². The second kappa shape index (κ2) is 4.44. The molecule has 0 aromatic heterocycles. The average Bonchev–Trinajstić information content (AvgIpc) is 2.96. The van der Waals surface area contributed by atoms with Crippen molar-refractivity contribution in [1.29, 1.82) is 0 Å². The molecule has 5 nitrogen and oxygen atoms in total. The summed E-state index contributed by atoms with van der Waals surface area (Å²) in [6.45, 7) is 1.72. The van der Waals surface area contributed by atoms with Crippen LogP contribution >= 0.6 is 0 Å². The van der Waals surface area contributed by atoms with E-state index in [9.17, 15) is 19.5 Å². The molecule has 2 amide bonds. The molecular weight excluding hydrogens is 258 g/mol. The number of nitrogens with zero attached hydrogens (tertiary/aromatic N) is 1. The standard InChI is InChI=1S/C15H15NO4/c1-8-4-2-7-11(15(19)20)12(8)16-13(17)9-5-3-6-10(9)14(16)18/h2,4,7,9-10H,3,5-6H2,1H3,(H,19,20). The van der Waals surface area contributed by atoms with Crippen LogP contribution in [0.15, 0.2) is 18.2 Å². The number of rotatable bonds is 2. The van der Waals surface area contributed by atoms with E-state index in [1.54, 1.807) is 19.1 Å². The maximum absolute atomic E-state index is 12.4. The Morgan fingerprint density at radius 1 is 1.20 bits per heavy atom. The number of carboxylic acids is 1. The van der Waals surface area contributed by atoms with Crippen LogP contribution in [0.4, 0.5) is 5.69 Å². The van der Waals surface area contributed by atoms with Crippen molar-refractivity contribution in [1.82, 2.24) is 0 Å². The topological polar surface area (TPSA) is 74.7 Å². The molecule has 2 unspecified atom stereocenters. The number of aryl methyl sites for hydroxylation is 1. The summed E-state index contributed by atoms with van der Waals surface area (Å²) in [5, 5.41) is 9.28. The summed E-state index contributed by atoms with van der Waals surface area (Å²) in [6, 6.07) is 4.77. The Hall–Kier alpha value is -2.17. The van der Waals surface area contributed by atoms with Crippen LogP contribution in [0.3, 0.4) is 0 Å². The SMILES string of the molecule is Cc1cccc(C(=O)O)c1N1C(=O)C2CCCC2C1=O. The zero-order chi connectivity index (χ0) is 14.4. The van der Waals surface area contributed by atoms with Crippen LogP contribution in [0.5, 0.6) is 0 Å². The number of fused-ring (bicyclic) bond motifs is 1. The van der Waals surface area contributed by atoms with Crippen LogP contribution in [-0.4, -0.2) is 22.9 Å². The van der Waals surface area contributed by atoms with Gasteiger partial charge in [-0.2, -0.15) is 0 Å². The van der Waals surface area contributed by atoms with Gasteiger partial charge in [-0.05, 0) is 31.4 Å². The predicted molar refractivity (Wildman–Crippen MR) is 71.5 cm³/mol. The molecule has 2 fully saturated rings. The van der Waals surface area contributed by atoms with E-state index in [1.807, 2.05) is 0 Å². The van der Waals surface area contributed by atoms with Crippen LogP contribution in [0.25, 0.3) is 0 Å². The van der Waals surface area contributed by atoms with Gasteiger partial charge in [0.15, 0.2) is 0 Å². The molecule has 2 atom stereocenters. The zero-order valence-electron chi connectivity index (χ0n) is 11.1. The Morgan fingerprint density at radius 3 is 2.35 bits per heavy atom. The zero-order valence-corrected chi connectivity index (χ0v) is 11.1. The lowest BCUT2D eigenvalue weighted by atomic mass is 10.00. The smallest absolute Gasteiger partial charge is 0.337 e. The third-order valence-electron chi connectivity index (χ3n) is 4.28. The first-order valence-corrected chi connectivity index (χ1v) is 6.73. The molecule has 1 aliphatic carbocycles. The number of aromatic carboxylic acids is 1. The summed E-state index contributed by atoms with van der Waals surface area (Å²) < 4.78 is 0. The van der Waals surface area contributed by atoms with Gasteiger partial charge >= 0.3 is 5.97 Å². The van der Waals surface area contributed by atoms with Gasteiger partial charge in [-0.25, -0.2) is 9.69 Å². The van der Waals surface area contributed by atoms with E-state index in [4.69, 9.17) is 0 Å². The maximum Gasteiger partial charge on any atom is 0.337 e. The Morgan fingerprint density at radius 2 is 1.80 bits per heavy atom. The second-order valence-electron chi connectivity index (χ2n) is 5.43. The lowest BCUT2D eigenvalue weighted by Gasteiger charge is -2.20. The molecule has 20 heavy (non-hydrogen) atoms. The number of benzene rings is 1. The van der Waals surface area contributed by atoms with E-state index < -0.39 is 5.97 Å². The highest BCUT2D eigenvalue weighted by atomic mass is 16.4. The largest absolute Gasteiger partial charge is 0.478 e. The monoisotopic (exact) mass is 273 g/mol. The molecule has 1 aliphatic heterocycles. The van der Waals surface area contributed by atoms with Crippen molar-refractivity contribution in [2.45, 2.75) is 26.2 Å². The third kappa shape index (κ3) is 1.66. The predicted octanol–water partition coefficient (Wildman–Crippen LogP) is 1.98. The number of anilines is 1. The molecule has 5 heteroatoms. The van der Waals surface area contributed by atoms with Gasteiger partial charge in [-0.3, -0.25) is 9.59 Å². The van der Waals surface area contributed by atoms with E-state index in [2.05, 4.69) is 0 Å². The van der Waals surface area contributed by atoms with E-state index in [-0.39, 0.29) is 34.9 Å². The van der Waals surface area contributed by atoms with Crippen molar-refractivity contribution in [3.63, 3.8) is 0 Å². The second-order valence-corrected chi connectivity index (χ2v) is 5.43. The van der Waals surface area contributed by atoms with Crippen molar-refractivity contribution >= 4 is 23.5 Å². The molecule has 1 heterocycles. The lowest BCUT2D eigenvalue weighted by Crippen LogP contribution is -2.33. The summed E-state index contributed by atoms with van der Waals surface area (Å²) >= 11 is 0. The fourth-order valence-electron chi connectivity index (χ4n) is 3.34.